The van der Waals surface area contributed by atoms with Crippen LogP contribution in [0, 0.1) is 10.7 Å². The lowest BCUT2D eigenvalue weighted by Crippen LogP contribution is -2.17. The van der Waals surface area contributed by atoms with Crippen LogP contribution in [-0.2, 0) is 0 Å². The average Bonchev–Trinajstić information content (AvgIpc) is 2.48. The fourth-order valence-corrected chi connectivity index (χ4v) is 2.20. The van der Waals surface area contributed by atoms with Gasteiger partial charge < -0.3 is 5.73 Å². The molecule has 3 N–H and O–H groups in total. The van der Waals surface area contributed by atoms with Gasteiger partial charge in [-0.1, -0.05) is 26.7 Å². The van der Waals surface area contributed by atoms with Crippen molar-refractivity contribution < 1.29 is 0 Å². The molecule has 5 heteroatoms. The minimum atomic E-state index is 0.316. The van der Waals surface area contributed by atoms with Crippen LogP contribution < -0.4 is 5.73 Å². The van der Waals surface area contributed by atoms with Gasteiger partial charge in [-0.15, -0.1) is 5.10 Å². The molecule has 1 aromatic heterocycles. The molecule has 14 heavy (non-hydrogen) atoms. The molecule has 1 unspecified atom stereocenters. The van der Waals surface area contributed by atoms with Gasteiger partial charge in [0, 0.05) is 6.04 Å². The largest absolute Gasteiger partial charge is 0.368 e. The van der Waals surface area contributed by atoms with E-state index in [0.29, 0.717) is 22.7 Å². The second-order valence-electron chi connectivity index (χ2n) is 3.57. The first-order valence-electron chi connectivity index (χ1n) is 5.04. The van der Waals surface area contributed by atoms with Crippen molar-refractivity contribution in [1.29, 1.82) is 0 Å². The molecular weight excluding hydrogens is 196 g/mol. The number of nitrogens with one attached hydrogen (secondary N) is 1. The molecule has 0 bridgehead atoms. The van der Waals surface area contributed by atoms with E-state index in [1.807, 2.05) is 4.57 Å². The minimum Gasteiger partial charge on any atom is -0.368 e. The van der Waals surface area contributed by atoms with Crippen LogP contribution in [0.15, 0.2) is 0 Å². The Balaban J connectivity index is 2.98. The summed E-state index contributed by atoms with van der Waals surface area (Å²) in [4.78, 5) is 0. The Labute approximate surface area is 89.5 Å². The van der Waals surface area contributed by atoms with E-state index in [-0.39, 0.29) is 0 Å². The Morgan fingerprint density at radius 3 is 2.43 bits per heavy atom. The zero-order valence-corrected chi connectivity index (χ0v) is 9.77. The van der Waals surface area contributed by atoms with Crippen molar-refractivity contribution in [3.8, 4) is 0 Å². The number of anilines is 1. The van der Waals surface area contributed by atoms with Gasteiger partial charge in [0.25, 0.3) is 0 Å². The highest BCUT2D eigenvalue weighted by molar-refractivity contribution is 7.71. The van der Waals surface area contributed by atoms with E-state index in [1.165, 1.54) is 0 Å². The lowest BCUT2D eigenvalue weighted by atomic mass is 9.95. The van der Waals surface area contributed by atoms with Crippen LogP contribution in [0.4, 0.5) is 5.95 Å². The fourth-order valence-electron chi connectivity index (χ4n) is 1.89. The van der Waals surface area contributed by atoms with Crippen LogP contribution in [-0.4, -0.2) is 14.8 Å². The standard InChI is InChI=1S/C9H18N4S/c1-4-7(5-2)6(3)13-8(10)11-12-9(13)14/h6-7H,4-5H2,1-3H3,(H2,10,11)(H,12,14). The highest BCUT2D eigenvalue weighted by atomic mass is 32.1. The van der Waals surface area contributed by atoms with E-state index in [1.54, 1.807) is 0 Å². The highest BCUT2D eigenvalue weighted by Gasteiger charge is 2.18. The van der Waals surface area contributed by atoms with E-state index in [2.05, 4.69) is 31.0 Å². The first kappa shape index (κ1) is 11.2. The predicted octanol–water partition coefficient (Wildman–Crippen LogP) is 2.52. The predicted molar refractivity (Wildman–Crippen MR) is 60.6 cm³/mol. The summed E-state index contributed by atoms with van der Waals surface area (Å²) in [6.45, 7) is 6.51. The molecule has 0 aromatic carbocycles. The van der Waals surface area contributed by atoms with Crippen LogP contribution in [0.25, 0.3) is 0 Å². The fraction of sp³-hybridized carbons (Fsp3) is 0.778. The number of H-pyrrole nitrogens is 1. The molecule has 0 amide bonds. The molecule has 1 heterocycles. The van der Waals surface area contributed by atoms with E-state index >= 15 is 0 Å². The van der Waals surface area contributed by atoms with Crippen LogP contribution in [0.1, 0.15) is 39.7 Å². The van der Waals surface area contributed by atoms with E-state index in [0.717, 1.165) is 12.8 Å². The van der Waals surface area contributed by atoms with E-state index < -0.39 is 0 Å². The summed E-state index contributed by atoms with van der Waals surface area (Å²) in [5.41, 5.74) is 5.74. The van der Waals surface area contributed by atoms with Crippen LogP contribution >= 0.6 is 12.2 Å². The Morgan fingerprint density at radius 2 is 2.07 bits per heavy atom. The third kappa shape index (κ3) is 1.97. The molecule has 80 valence electrons. The number of rotatable bonds is 4. The smallest absolute Gasteiger partial charge is 0.220 e. The number of nitrogen functional groups attached to an aromatic ring is 1. The number of aromatic nitrogens is 3. The van der Waals surface area contributed by atoms with Gasteiger partial charge in [0.05, 0.1) is 0 Å². The normalized spacial score (nSPS) is 13.4. The SMILES string of the molecule is CCC(CC)C(C)n1c(N)n[nH]c1=S. The maximum absolute atomic E-state index is 5.74. The van der Waals surface area contributed by atoms with Crippen LogP contribution in [0.2, 0.25) is 0 Å². The Hall–Kier alpha value is -0.840. The van der Waals surface area contributed by atoms with Crippen molar-refractivity contribution in [1.82, 2.24) is 14.8 Å². The van der Waals surface area contributed by atoms with E-state index in [4.69, 9.17) is 18.0 Å². The van der Waals surface area contributed by atoms with E-state index in [9.17, 15) is 0 Å². The summed E-state index contributed by atoms with van der Waals surface area (Å²) in [5.74, 6) is 1.08. The van der Waals surface area contributed by atoms with Gasteiger partial charge in [-0.05, 0) is 25.1 Å². The molecule has 0 saturated heterocycles. The van der Waals surface area contributed by atoms with Crippen molar-refractivity contribution in [2.75, 3.05) is 5.73 Å². The average molecular weight is 214 g/mol. The second kappa shape index (κ2) is 4.59. The zero-order valence-electron chi connectivity index (χ0n) is 8.95. The number of nitrogens with two attached hydrogens (primary N) is 1. The molecule has 0 fully saturated rings. The first-order valence-corrected chi connectivity index (χ1v) is 5.45. The van der Waals surface area contributed by atoms with Gasteiger partial charge in [0.2, 0.25) is 5.95 Å². The summed E-state index contributed by atoms with van der Waals surface area (Å²) >= 11 is 5.13. The van der Waals surface area contributed by atoms with Crippen molar-refractivity contribution >= 4 is 18.2 Å². The minimum absolute atomic E-state index is 0.316. The topological polar surface area (TPSA) is 59.6 Å². The first-order chi connectivity index (χ1) is 6.61. The van der Waals surface area contributed by atoms with Crippen LogP contribution in [0.5, 0.6) is 0 Å². The van der Waals surface area contributed by atoms with Crippen molar-refractivity contribution in [3.63, 3.8) is 0 Å². The molecule has 4 nitrogen and oxygen atoms in total. The number of hydrogen-bond acceptors (Lipinski definition) is 3. The zero-order chi connectivity index (χ0) is 10.7. The molecule has 0 spiro atoms. The Bertz CT molecular complexity index is 337. The molecule has 0 aliphatic heterocycles. The Morgan fingerprint density at radius 1 is 1.50 bits per heavy atom. The molecule has 1 atom stereocenters. The Kier molecular flexibility index (Phi) is 3.69. The molecule has 0 aliphatic rings. The van der Waals surface area contributed by atoms with Gasteiger partial charge in [-0.25, -0.2) is 5.10 Å². The summed E-state index contributed by atoms with van der Waals surface area (Å²) in [6.07, 6.45) is 2.26. The molecule has 1 aromatic rings. The van der Waals surface area contributed by atoms with Crippen molar-refractivity contribution in [2.45, 2.75) is 39.7 Å². The quantitative estimate of drug-likeness (QED) is 0.757. The lowest BCUT2D eigenvalue weighted by molar-refractivity contribution is 0.333. The monoisotopic (exact) mass is 214 g/mol. The third-order valence-electron chi connectivity index (χ3n) is 2.87. The van der Waals surface area contributed by atoms with Crippen molar-refractivity contribution in [2.24, 2.45) is 5.92 Å². The van der Waals surface area contributed by atoms with Gasteiger partial charge in [0.15, 0.2) is 4.77 Å². The molecule has 0 radical (unpaired) electrons. The van der Waals surface area contributed by atoms with Gasteiger partial charge >= 0.3 is 0 Å². The maximum atomic E-state index is 5.74. The molecular formula is C9H18N4S. The van der Waals surface area contributed by atoms with Crippen molar-refractivity contribution in [3.05, 3.63) is 4.77 Å². The maximum Gasteiger partial charge on any atom is 0.220 e. The lowest BCUT2D eigenvalue weighted by Gasteiger charge is -2.22. The molecule has 0 aliphatic carbocycles. The summed E-state index contributed by atoms with van der Waals surface area (Å²) < 4.78 is 2.51. The molecule has 1 rings (SSSR count). The summed E-state index contributed by atoms with van der Waals surface area (Å²) in [7, 11) is 0. The second-order valence-corrected chi connectivity index (χ2v) is 3.96. The summed E-state index contributed by atoms with van der Waals surface area (Å²) in [5, 5.41) is 6.62. The van der Waals surface area contributed by atoms with Crippen LogP contribution in [0.3, 0.4) is 0 Å². The summed E-state index contributed by atoms with van der Waals surface area (Å²) in [6, 6.07) is 0.316. The number of hydrogen-bond donors (Lipinski definition) is 2. The van der Waals surface area contributed by atoms with Gasteiger partial charge in [-0.3, -0.25) is 4.57 Å². The number of aromatic amines is 1. The van der Waals surface area contributed by atoms with Gasteiger partial charge in [0.1, 0.15) is 0 Å². The highest BCUT2D eigenvalue weighted by Crippen LogP contribution is 2.25. The van der Waals surface area contributed by atoms with Gasteiger partial charge in [-0.2, -0.15) is 0 Å². The third-order valence-corrected chi connectivity index (χ3v) is 3.16. The number of nitrogens with zero attached hydrogens (tertiary/aromatic N) is 2. The molecule has 0 saturated carbocycles.